The first-order valence-corrected chi connectivity index (χ1v) is 10.2. The Kier molecular flexibility index (Phi) is 4.75. The highest BCUT2D eigenvalue weighted by Gasteiger charge is 2.47. The third-order valence-electron chi connectivity index (χ3n) is 4.54. The fourth-order valence-electron chi connectivity index (χ4n) is 2.98. The summed E-state index contributed by atoms with van der Waals surface area (Å²) in [6, 6.07) is 22.1. The van der Waals surface area contributed by atoms with Crippen molar-refractivity contribution in [3.8, 4) is 5.75 Å². The number of para-hydroxylation sites is 1. The van der Waals surface area contributed by atoms with Crippen LogP contribution in [0.15, 0.2) is 83.8 Å². The van der Waals surface area contributed by atoms with Gasteiger partial charge in [0.2, 0.25) is 0 Å². The molecule has 3 aromatic rings. The standard InChI is InChI=1S/C22H18O5S/c1-15-11-13-17(14-12-15)28(24,25)27-19-10-6-5-9-18(19)20(23)22-21(26-22)16-7-3-2-4-8-16/h2-14,21-22H,1H3/t21-,22+/m1/s1. The molecule has 0 saturated carbocycles. The van der Waals surface area contributed by atoms with Gasteiger partial charge in [0.05, 0.1) is 5.56 Å². The highest BCUT2D eigenvalue weighted by atomic mass is 32.2. The predicted molar refractivity (Wildman–Crippen MR) is 104 cm³/mol. The Hall–Kier alpha value is -2.96. The summed E-state index contributed by atoms with van der Waals surface area (Å²) >= 11 is 0. The van der Waals surface area contributed by atoms with Gasteiger partial charge in [-0.2, -0.15) is 8.42 Å². The fraction of sp³-hybridized carbons (Fsp3) is 0.136. The maximum absolute atomic E-state index is 12.9. The van der Waals surface area contributed by atoms with Crippen LogP contribution in [0.2, 0.25) is 0 Å². The number of hydrogen-bond donors (Lipinski definition) is 0. The van der Waals surface area contributed by atoms with Gasteiger partial charge >= 0.3 is 10.1 Å². The molecule has 1 aliphatic rings. The van der Waals surface area contributed by atoms with E-state index in [-0.39, 0.29) is 28.1 Å². The van der Waals surface area contributed by atoms with Gasteiger partial charge in [0.15, 0.2) is 17.6 Å². The Balaban J connectivity index is 1.58. The van der Waals surface area contributed by atoms with Crippen LogP contribution in [0.5, 0.6) is 5.75 Å². The molecule has 3 aromatic carbocycles. The van der Waals surface area contributed by atoms with Gasteiger partial charge in [-0.15, -0.1) is 0 Å². The molecule has 2 atom stereocenters. The molecule has 0 unspecified atom stereocenters. The van der Waals surface area contributed by atoms with E-state index >= 15 is 0 Å². The molecule has 28 heavy (non-hydrogen) atoms. The second-order valence-corrected chi connectivity index (χ2v) is 8.15. The molecule has 0 bridgehead atoms. The molecule has 1 saturated heterocycles. The summed E-state index contributed by atoms with van der Waals surface area (Å²) in [6.45, 7) is 1.87. The lowest BCUT2D eigenvalue weighted by Gasteiger charge is -2.10. The monoisotopic (exact) mass is 394 g/mol. The van der Waals surface area contributed by atoms with Gasteiger partial charge in [-0.1, -0.05) is 60.2 Å². The molecule has 6 heteroatoms. The van der Waals surface area contributed by atoms with E-state index < -0.39 is 16.2 Å². The largest absolute Gasteiger partial charge is 0.378 e. The third kappa shape index (κ3) is 3.69. The van der Waals surface area contributed by atoms with Crippen molar-refractivity contribution in [2.45, 2.75) is 24.0 Å². The number of carbonyl (C=O) groups is 1. The van der Waals surface area contributed by atoms with E-state index in [0.29, 0.717) is 0 Å². The van der Waals surface area contributed by atoms with Crippen molar-refractivity contribution in [1.29, 1.82) is 0 Å². The first kappa shape index (κ1) is 18.4. The number of benzene rings is 3. The average molecular weight is 394 g/mol. The maximum atomic E-state index is 12.9. The number of Topliss-reactive ketones (excluding diaryl/α,β-unsaturated/α-hetero) is 1. The molecule has 1 fully saturated rings. The smallest absolute Gasteiger partial charge is 0.339 e. The van der Waals surface area contributed by atoms with E-state index in [4.69, 9.17) is 8.92 Å². The summed E-state index contributed by atoms with van der Waals surface area (Å²) < 4.78 is 36.0. The minimum absolute atomic E-state index is 0.00427. The maximum Gasteiger partial charge on any atom is 0.339 e. The highest BCUT2D eigenvalue weighted by molar-refractivity contribution is 7.87. The molecular weight excluding hydrogens is 376 g/mol. The third-order valence-corrected chi connectivity index (χ3v) is 5.79. The van der Waals surface area contributed by atoms with E-state index in [1.165, 1.54) is 18.2 Å². The topological polar surface area (TPSA) is 73.0 Å². The molecule has 1 heterocycles. The number of hydrogen-bond acceptors (Lipinski definition) is 5. The van der Waals surface area contributed by atoms with Gasteiger partial charge in [-0.3, -0.25) is 4.79 Å². The molecule has 0 N–H and O–H groups in total. The lowest BCUT2D eigenvalue weighted by atomic mass is 10.0. The number of carbonyl (C=O) groups excluding carboxylic acids is 1. The second kappa shape index (κ2) is 7.22. The van der Waals surface area contributed by atoms with E-state index in [9.17, 15) is 13.2 Å². The summed E-state index contributed by atoms with van der Waals surface area (Å²) in [7, 11) is -4.05. The van der Waals surface area contributed by atoms with E-state index in [2.05, 4.69) is 0 Å². The van der Waals surface area contributed by atoms with Crippen LogP contribution in [-0.2, 0) is 14.9 Å². The average Bonchev–Trinajstić information content (AvgIpc) is 3.49. The van der Waals surface area contributed by atoms with Crippen LogP contribution in [0.1, 0.15) is 27.6 Å². The molecular formula is C22H18O5S. The van der Waals surface area contributed by atoms with Gasteiger partial charge in [0.25, 0.3) is 0 Å². The number of ether oxygens (including phenoxy) is 1. The molecule has 0 spiro atoms. The van der Waals surface area contributed by atoms with Crippen molar-refractivity contribution in [2.24, 2.45) is 0 Å². The quantitative estimate of drug-likeness (QED) is 0.358. The van der Waals surface area contributed by atoms with Gasteiger partial charge in [0.1, 0.15) is 11.0 Å². The number of epoxide rings is 1. The van der Waals surface area contributed by atoms with Gasteiger partial charge < -0.3 is 8.92 Å². The van der Waals surface area contributed by atoms with Crippen molar-refractivity contribution in [3.63, 3.8) is 0 Å². The molecule has 142 valence electrons. The Labute approximate surface area is 163 Å². The number of ketones is 1. The minimum atomic E-state index is -4.05. The lowest BCUT2D eigenvalue weighted by molar-refractivity contribution is 0.0952. The van der Waals surface area contributed by atoms with Crippen LogP contribution in [0, 0.1) is 6.92 Å². The van der Waals surface area contributed by atoms with Gasteiger partial charge in [0, 0.05) is 0 Å². The van der Waals surface area contributed by atoms with Gasteiger partial charge in [-0.25, -0.2) is 0 Å². The Morgan fingerprint density at radius 2 is 1.54 bits per heavy atom. The van der Waals surface area contributed by atoms with Crippen LogP contribution in [-0.4, -0.2) is 20.3 Å². The molecule has 1 aliphatic heterocycles. The van der Waals surface area contributed by atoms with E-state index in [1.807, 2.05) is 37.3 Å². The Morgan fingerprint density at radius 1 is 0.893 bits per heavy atom. The number of rotatable bonds is 6. The molecule has 0 aromatic heterocycles. The summed E-state index contributed by atoms with van der Waals surface area (Å²) in [5.41, 5.74) is 2.03. The van der Waals surface area contributed by atoms with Crippen molar-refractivity contribution >= 4 is 15.9 Å². The zero-order valence-electron chi connectivity index (χ0n) is 15.1. The van der Waals surface area contributed by atoms with Crippen LogP contribution in [0.3, 0.4) is 0 Å². The Bertz CT molecular complexity index is 1110. The Morgan fingerprint density at radius 3 is 2.25 bits per heavy atom. The molecule has 5 nitrogen and oxygen atoms in total. The highest BCUT2D eigenvalue weighted by Crippen LogP contribution is 2.41. The molecule has 0 radical (unpaired) electrons. The molecule has 0 amide bonds. The summed E-state index contributed by atoms with van der Waals surface area (Å²) in [4.78, 5) is 12.9. The first-order valence-electron chi connectivity index (χ1n) is 8.80. The van der Waals surface area contributed by atoms with Crippen LogP contribution in [0.25, 0.3) is 0 Å². The van der Waals surface area contributed by atoms with E-state index in [0.717, 1.165) is 11.1 Å². The van der Waals surface area contributed by atoms with Crippen LogP contribution < -0.4 is 4.18 Å². The van der Waals surface area contributed by atoms with Crippen molar-refractivity contribution in [2.75, 3.05) is 0 Å². The van der Waals surface area contributed by atoms with Gasteiger partial charge in [-0.05, 0) is 36.8 Å². The van der Waals surface area contributed by atoms with Crippen molar-refractivity contribution in [1.82, 2.24) is 0 Å². The normalized spacial score (nSPS) is 18.5. The number of aryl methyl sites for hydroxylation is 1. The zero-order chi connectivity index (χ0) is 19.7. The van der Waals surface area contributed by atoms with Crippen LogP contribution in [0.4, 0.5) is 0 Å². The summed E-state index contributed by atoms with van der Waals surface area (Å²) in [5, 5.41) is 0. The first-order chi connectivity index (χ1) is 13.5. The minimum Gasteiger partial charge on any atom is -0.378 e. The molecule has 4 rings (SSSR count). The molecule has 0 aliphatic carbocycles. The second-order valence-electron chi connectivity index (χ2n) is 6.60. The van der Waals surface area contributed by atoms with E-state index in [1.54, 1.807) is 30.3 Å². The lowest BCUT2D eigenvalue weighted by Crippen LogP contribution is -2.15. The zero-order valence-corrected chi connectivity index (χ0v) is 15.9. The predicted octanol–water partition coefficient (Wildman–Crippen LogP) is 4.09. The van der Waals surface area contributed by atoms with Crippen molar-refractivity contribution in [3.05, 3.63) is 95.6 Å². The van der Waals surface area contributed by atoms with Crippen molar-refractivity contribution < 1.29 is 22.1 Å². The summed E-state index contributed by atoms with van der Waals surface area (Å²) in [6.07, 6.45) is -0.968. The SMILES string of the molecule is Cc1ccc(S(=O)(=O)Oc2ccccc2C(=O)[C@@H]2O[C@@H]2c2ccccc2)cc1. The fourth-order valence-corrected chi connectivity index (χ4v) is 3.92. The summed E-state index contributed by atoms with van der Waals surface area (Å²) in [5.74, 6) is -0.307. The van der Waals surface area contributed by atoms with Crippen LogP contribution >= 0.6 is 0 Å².